The Morgan fingerprint density at radius 1 is 1.00 bits per heavy atom. The Kier molecular flexibility index (Phi) is 7.24. The molecule has 3 aromatic rings. The largest absolute Gasteiger partial charge is 0.494 e. The number of hydrogen-bond acceptors (Lipinski definition) is 2. The molecule has 1 aromatic heterocycles. The van der Waals surface area contributed by atoms with Gasteiger partial charge in [-0.2, -0.15) is 0 Å². The van der Waals surface area contributed by atoms with Crippen molar-refractivity contribution in [1.82, 2.24) is 4.98 Å². The van der Waals surface area contributed by atoms with E-state index in [1.807, 2.05) is 31.3 Å². The van der Waals surface area contributed by atoms with Crippen molar-refractivity contribution in [3.63, 3.8) is 0 Å². The molecule has 0 atom stereocenters. The molecule has 5 heteroatoms. The third kappa shape index (κ3) is 5.33. The topological polar surface area (TPSA) is 22.1 Å². The molecule has 1 aliphatic carbocycles. The van der Waals surface area contributed by atoms with E-state index in [1.165, 1.54) is 23.3 Å². The fraction of sp³-hybridized carbons (Fsp3) is 0.250. The molecule has 0 aliphatic heterocycles. The quantitative estimate of drug-likeness (QED) is 0.315. The molecule has 1 heterocycles. The van der Waals surface area contributed by atoms with E-state index in [0.29, 0.717) is 35.8 Å². The Morgan fingerprint density at radius 3 is 2.55 bits per heavy atom. The smallest absolute Gasteiger partial charge is 0.129 e. The van der Waals surface area contributed by atoms with E-state index in [4.69, 9.17) is 16.3 Å². The first-order valence-electron chi connectivity index (χ1n) is 11.2. The van der Waals surface area contributed by atoms with E-state index >= 15 is 0 Å². The van der Waals surface area contributed by atoms with E-state index in [2.05, 4.69) is 17.6 Å². The first-order valence-corrected chi connectivity index (χ1v) is 11.6. The molecule has 0 bridgehead atoms. The first-order chi connectivity index (χ1) is 16.0. The summed E-state index contributed by atoms with van der Waals surface area (Å²) in [6, 6.07) is 11.7. The highest BCUT2D eigenvalue weighted by molar-refractivity contribution is 6.30. The molecule has 1 aliphatic rings. The fourth-order valence-corrected chi connectivity index (χ4v) is 4.59. The van der Waals surface area contributed by atoms with Crippen molar-refractivity contribution in [1.29, 1.82) is 0 Å². The van der Waals surface area contributed by atoms with Gasteiger partial charge in [0.1, 0.15) is 17.4 Å². The molecule has 170 valence electrons. The van der Waals surface area contributed by atoms with Crippen molar-refractivity contribution in [3.05, 3.63) is 106 Å². The van der Waals surface area contributed by atoms with Crippen LogP contribution in [0.4, 0.5) is 8.78 Å². The average molecular weight is 466 g/mol. The van der Waals surface area contributed by atoms with Gasteiger partial charge in [0.2, 0.25) is 0 Å². The van der Waals surface area contributed by atoms with Crippen molar-refractivity contribution in [2.45, 2.75) is 39.0 Å². The number of aryl methyl sites for hydroxylation is 2. The maximum atomic E-state index is 14.2. The van der Waals surface area contributed by atoms with E-state index < -0.39 is 11.6 Å². The monoisotopic (exact) mass is 465 g/mol. The number of nitrogens with zero attached hydrogens (tertiary/aromatic N) is 1. The molecule has 0 radical (unpaired) electrons. The molecule has 0 amide bonds. The van der Waals surface area contributed by atoms with Gasteiger partial charge in [0.25, 0.3) is 0 Å². The second-order valence-corrected chi connectivity index (χ2v) is 8.60. The van der Waals surface area contributed by atoms with Crippen LogP contribution < -0.4 is 0 Å². The zero-order valence-electron chi connectivity index (χ0n) is 18.6. The SMILES string of the molecule is C=C(OCC)c1cncc(C2=C(c3cc(Cl)ccc3CCc3ccc(F)cc3F)CCC2)c1. The van der Waals surface area contributed by atoms with Gasteiger partial charge in [0.15, 0.2) is 0 Å². The summed E-state index contributed by atoms with van der Waals surface area (Å²) in [6.07, 6.45) is 7.67. The summed E-state index contributed by atoms with van der Waals surface area (Å²) in [5, 5.41) is 0.664. The van der Waals surface area contributed by atoms with Gasteiger partial charge < -0.3 is 4.74 Å². The predicted molar refractivity (Wildman–Crippen MR) is 131 cm³/mol. The van der Waals surface area contributed by atoms with Crippen LogP contribution >= 0.6 is 11.6 Å². The lowest BCUT2D eigenvalue weighted by Crippen LogP contribution is -2.00. The molecular formula is C28H26ClF2NO. The predicted octanol–water partition coefficient (Wildman–Crippen LogP) is 7.90. The van der Waals surface area contributed by atoms with Crippen LogP contribution in [0.3, 0.4) is 0 Å². The van der Waals surface area contributed by atoms with Crippen molar-refractivity contribution in [3.8, 4) is 0 Å². The van der Waals surface area contributed by atoms with Crippen molar-refractivity contribution >= 4 is 28.5 Å². The van der Waals surface area contributed by atoms with Gasteiger partial charge in [-0.1, -0.05) is 30.3 Å². The van der Waals surface area contributed by atoms with E-state index in [-0.39, 0.29) is 0 Å². The Balaban J connectivity index is 1.69. The third-order valence-corrected chi connectivity index (χ3v) is 6.26. The number of allylic oxidation sites excluding steroid dienone is 2. The molecule has 0 saturated carbocycles. The van der Waals surface area contributed by atoms with Crippen LogP contribution in [0.1, 0.15) is 54.0 Å². The summed E-state index contributed by atoms with van der Waals surface area (Å²) in [5.74, 6) is -0.465. The van der Waals surface area contributed by atoms with Crippen LogP contribution in [0.5, 0.6) is 0 Å². The second kappa shape index (κ2) is 10.3. The van der Waals surface area contributed by atoms with Gasteiger partial charge in [-0.05, 0) is 96.7 Å². The molecule has 0 fully saturated rings. The summed E-state index contributed by atoms with van der Waals surface area (Å²) in [5.41, 5.74) is 7.09. The molecule has 0 N–H and O–H groups in total. The summed E-state index contributed by atoms with van der Waals surface area (Å²) >= 11 is 6.39. The van der Waals surface area contributed by atoms with Crippen LogP contribution in [-0.2, 0) is 17.6 Å². The summed E-state index contributed by atoms with van der Waals surface area (Å²) in [7, 11) is 0. The number of pyridine rings is 1. The second-order valence-electron chi connectivity index (χ2n) is 8.17. The number of aromatic nitrogens is 1. The van der Waals surface area contributed by atoms with Crippen LogP contribution in [-0.4, -0.2) is 11.6 Å². The zero-order valence-corrected chi connectivity index (χ0v) is 19.4. The van der Waals surface area contributed by atoms with Gasteiger partial charge in [0.05, 0.1) is 6.61 Å². The number of halogens is 3. The molecule has 0 spiro atoms. The Labute approximate surface area is 198 Å². The Hall–Kier alpha value is -2.98. The molecule has 0 saturated heterocycles. The lowest BCUT2D eigenvalue weighted by Gasteiger charge is -2.15. The third-order valence-electron chi connectivity index (χ3n) is 6.02. The van der Waals surface area contributed by atoms with Crippen molar-refractivity contribution in [2.75, 3.05) is 6.61 Å². The van der Waals surface area contributed by atoms with Gasteiger partial charge in [-0.25, -0.2) is 8.78 Å². The normalized spacial score (nSPS) is 13.5. The van der Waals surface area contributed by atoms with Gasteiger partial charge in [-0.15, -0.1) is 0 Å². The minimum atomic E-state index is -0.563. The van der Waals surface area contributed by atoms with E-state index in [9.17, 15) is 8.78 Å². The highest BCUT2D eigenvalue weighted by Crippen LogP contribution is 2.42. The lowest BCUT2D eigenvalue weighted by molar-refractivity contribution is 0.299. The Bertz CT molecular complexity index is 1220. The van der Waals surface area contributed by atoms with Crippen LogP contribution in [0.2, 0.25) is 5.02 Å². The maximum absolute atomic E-state index is 14.2. The van der Waals surface area contributed by atoms with E-state index in [0.717, 1.165) is 47.6 Å². The van der Waals surface area contributed by atoms with Gasteiger partial charge in [-0.3, -0.25) is 4.98 Å². The van der Waals surface area contributed by atoms with Crippen molar-refractivity contribution < 1.29 is 13.5 Å². The number of benzene rings is 2. The zero-order chi connectivity index (χ0) is 23.4. The molecular weight excluding hydrogens is 440 g/mol. The van der Waals surface area contributed by atoms with E-state index in [1.54, 1.807) is 6.20 Å². The number of hydrogen-bond donors (Lipinski definition) is 0. The average Bonchev–Trinajstić information content (AvgIpc) is 3.29. The van der Waals surface area contributed by atoms with Gasteiger partial charge >= 0.3 is 0 Å². The maximum Gasteiger partial charge on any atom is 0.129 e. The summed E-state index contributed by atoms with van der Waals surface area (Å²) in [6.45, 7) is 6.48. The standard InChI is InChI=1S/C28H26ClF2NO/c1-3-33-18(2)21-13-22(17-32-16-21)25-5-4-6-26(25)27-14-23(29)11-9-19(27)7-8-20-10-12-24(30)15-28(20)31/h9-17H,2-8H2,1H3. The van der Waals surface area contributed by atoms with Crippen LogP contribution in [0.25, 0.3) is 16.9 Å². The Morgan fingerprint density at radius 2 is 1.76 bits per heavy atom. The molecule has 2 nitrogen and oxygen atoms in total. The highest BCUT2D eigenvalue weighted by atomic mass is 35.5. The van der Waals surface area contributed by atoms with Crippen LogP contribution in [0.15, 0.2) is 61.4 Å². The summed E-state index contributed by atoms with van der Waals surface area (Å²) in [4.78, 5) is 4.42. The van der Waals surface area contributed by atoms with Gasteiger partial charge in [0, 0.05) is 29.0 Å². The number of ether oxygens (including phenoxy) is 1. The highest BCUT2D eigenvalue weighted by Gasteiger charge is 2.21. The molecule has 0 unspecified atom stereocenters. The molecule has 33 heavy (non-hydrogen) atoms. The minimum absolute atomic E-state index is 0.481. The minimum Gasteiger partial charge on any atom is -0.494 e. The summed E-state index contributed by atoms with van der Waals surface area (Å²) < 4.78 is 33.0. The number of rotatable bonds is 8. The van der Waals surface area contributed by atoms with Crippen molar-refractivity contribution in [2.24, 2.45) is 0 Å². The fourth-order valence-electron chi connectivity index (χ4n) is 4.42. The first kappa shape index (κ1) is 23.2. The molecule has 4 rings (SSSR count). The molecule has 2 aromatic carbocycles. The lowest BCUT2D eigenvalue weighted by atomic mass is 9.91. The van der Waals surface area contributed by atoms with Crippen LogP contribution in [0, 0.1) is 11.6 Å².